The molecule has 0 aliphatic carbocycles. The van der Waals surface area contributed by atoms with Crippen molar-refractivity contribution in [3.8, 4) is 0 Å². The SMILES string of the molecule is CCc1ccc(C2CN(CCO)CCO2)cc1. The number of hydrogen-bond donors (Lipinski definition) is 1. The first-order chi connectivity index (χ1) is 8.33. The van der Waals surface area contributed by atoms with Crippen LogP contribution in [0.5, 0.6) is 0 Å². The summed E-state index contributed by atoms with van der Waals surface area (Å²) in [7, 11) is 0. The topological polar surface area (TPSA) is 32.7 Å². The maximum Gasteiger partial charge on any atom is 0.0952 e. The Morgan fingerprint density at radius 2 is 2.12 bits per heavy atom. The molecule has 0 saturated carbocycles. The average molecular weight is 235 g/mol. The van der Waals surface area contributed by atoms with Crippen LogP contribution < -0.4 is 0 Å². The second kappa shape index (κ2) is 6.15. The van der Waals surface area contributed by atoms with E-state index in [9.17, 15) is 0 Å². The van der Waals surface area contributed by atoms with Crippen LogP contribution in [0.1, 0.15) is 24.2 Å². The van der Waals surface area contributed by atoms with E-state index >= 15 is 0 Å². The minimum atomic E-state index is 0.154. The predicted molar refractivity (Wildman–Crippen MR) is 68.0 cm³/mol. The molecule has 1 saturated heterocycles. The monoisotopic (exact) mass is 235 g/mol. The zero-order valence-corrected chi connectivity index (χ0v) is 10.4. The van der Waals surface area contributed by atoms with Crippen LogP contribution in [-0.4, -0.2) is 42.9 Å². The van der Waals surface area contributed by atoms with Crippen molar-refractivity contribution in [3.63, 3.8) is 0 Å². The summed E-state index contributed by atoms with van der Waals surface area (Å²) in [6, 6.07) is 8.66. The molecule has 17 heavy (non-hydrogen) atoms. The number of benzene rings is 1. The Kier molecular flexibility index (Phi) is 4.54. The summed E-state index contributed by atoms with van der Waals surface area (Å²) in [5, 5.41) is 8.96. The molecule has 1 aliphatic rings. The molecule has 1 fully saturated rings. The molecule has 0 amide bonds. The van der Waals surface area contributed by atoms with Crippen molar-refractivity contribution in [1.29, 1.82) is 0 Å². The van der Waals surface area contributed by atoms with Crippen LogP contribution in [0.25, 0.3) is 0 Å². The normalized spacial score (nSPS) is 21.6. The van der Waals surface area contributed by atoms with Crippen LogP contribution in [-0.2, 0) is 11.2 Å². The second-order valence-electron chi connectivity index (χ2n) is 4.48. The average Bonchev–Trinajstić information content (AvgIpc) is 2.40. The molecule has 0 spiro atoms. The Bertz CT molecular complexity index is 335. The molecule has 0 radical (unpaired) electrons. The third-order valence-electron chi connectivity index (χ3n) is 3.33. The number of rotatable bonds is 4. The molecule has 2 rings (SSSR count). The standard InChI is InChI=1S/C14H21NO2/c1-2-12-3-5-13(6-4-12)14-11-15(7-9-16)8-10-17-14/h3-6,14,16H,2,7-11H2,1H3. The van der Waals surface area contributed by atoms with Crippen molar-refractivity contribution in [2.75, 3.05) is 32.8 Å². The highest BCUT2D eigenvalue weighted by Gasteiger charge is 2.21. The lowest BCUT2D eigenvalue weighted by Crippen LogP contribution is -2.39. The zero-order chi connectivity index (χ0) is 12.1. The molecule has 1 atom stereocenters. The molecule has 3 heteroatoms. The van der Waals surface area contributed by atoms with Crippen molar-refractivity contribution < 1.29 is 9.84 Å². The fourth-order valence-corrected chi connectivity index (χ4v) is 2.22. The third kappa shape index (κ3) is 3.28. The Morgan fingerprint density at radius 1 is 1.35 bits per heavy atom. The van der Waals surface area contributed by atoms with Crippen LogP contribution in [0.2, 0.25) is 0 Å². The van der Waals surface area contributed by atoms with E-state index in [4.69, 9.17) is 9.84 Å². The Hall–Kier alpha value is -0.900. The van der Waals surface area contributed by atoms with Gasteiger partial charge in [-0.3, -0.25) is 4.90 Å². The molecule has 1 heterocycles. The van der Waals surface area contributed by atoms with Gasteiger partial charge in [0.25, 0.3) is 0 Å². The van der Waals surface area contributed by atoms with Crippen LogP contribution in [0, 0.1) is 0 Å². The molecular weight excluding hydrogens is 214 g/mol. The van der Waals surface area contributed by atoms with Gasteiger partial charge in [-0.25, -0.2) is 0 Å². The lowest BCUT2D eigenvalue weighted by molar-refractivity contribution is -0.0337. The fourth-order valence-electron chi connectivity index (χ4n) is 2.22. The van der Waals surface area contributed by atoms with Crippen LogP contribution in [0.15, 0.2) is 24.3 Å². The Balaban J connectivity index is 2.00. The van der Waals surface area contributed by atoms with E-state index in [1.807, 2.05) is 0 Å². The van der Waals surface area contributed by atoms with Gasteiger partial charge in [0.15, 0.2) is 0 Å². The van der Waals surface area contributed by atoms with E-state index in [0.717, 1.165) is 32.7 Å². The minimum Gasteiger partial charge on any atom is -0.395 e. The van der Waals surface area contributed by atoms with Gasteiger partial charge in [-0.1, -0.05) is 31.2 Å². The largest absolute Gasteiger partial charge is 0.395 e. The first-order valence-electron chi connectivity index (χ1n) is 6.37. The third-order valence-corrected chi connectivity index (χ3v) is 3.33. The van der Waals surface area contributed by atoms with Crippen molar-refractivity contribution in [2.45, 2.75) is 19.4 Å². The quantitative estimate of drug-likeness (QED) is 0.860. The van der Waals surface area contributed by atoms with Crippen LogP contribution in [0.4, 0.5) is 0 Å². The summed E-state index contributed by atoms with van der Waals surface area (Å²) < 4.78 is 5.79. The first kappa shape index (κ1) is 12.6. The van der Waals surface area contributed by atoms with Crippen molar-refractivity contribution >= 4 is 0 Å². The number of morpholine rings is 1. The van der Waals surface area contributed by atoms with Gasteiger partial charge < -0.3 is 9.84 Å². The Morgan fingerprint density at radius 3 is 2.76 bits per heavy atom. The highest BCUT2D eigenvalue weighted by Crippen LogP contribution is 2.22. The summed E-state index contributed by atoms with van der Waals surface area (Å²) in [6.45, 7) is 5.68. The lowest BCUT2D eigenvalue weighted by atomic mass is 10.0. The molecule has 1 aliphatic heterocycles. The van der Waals surface area contributed by atoms with Gasteiger partial charge >= 0.3 is 0 Å². The first-order valence-corrected chi connectivity index (χ1v) is 6.37. The molecule has 1 aromatic rings. The number of aryl methyl sites for hydroxylation is 1. The van der Waals surface area contributed by atoms with Gasteiger partial charge in [0, 0.05) is 19.6 Å². The lowest BCUT2D eigenvalue weighted by Gasteiger charge is -2.32. The Labute approximate surface area is 103 Å². The van der Waals surface area contributed by atoms with Gasteiger partial charge in [-0.05, 0) is 17.5 Å². The minimum absolute atomic E-state index is 0.154. The predicted octanol–water partition coefficient (Wildman–Crippen LogP) is 1.61. The molecule has 1 aromatic carbocycles. The summed E-state index contributed by atoms with van der Waals surface area (Å²) in [5.74, 6) is 0. The number of nitrogens with zero attached hydrogens (tertiary/aromatic N) is 1. The molecule has 1 unspecified atom stereocenters. The zero-order valence-electron chi connectivity index (χ0n) is 10.4. The van der Waals surface area contributed by atoms with E-state index in [-0.39, 0.29) is 12.7 Å². The maximum atomic E-state index is 8.96. The van der Waals surface area contributed by atoms with E-state index in [0.29, 0.717) is 0 Å². The van der Waals surface area contributed by atoms with Crippen molar-refractivity contribution in [3.05, 3.63) is 35.4 Å². The summed E-state index contributed by atoms with van der Waals surface area (Å²) in [5.41, 5.74) is 2.60. The molecule has 0 bridgehead atoms. The van der Waals surface area contributed by atoms with Gasteiger partial charge in [0.05, 0.1) is 19.3 Å². The smallest absolute Gasteiger partial charge is 0.0952 e. The van der Waals surface area contributed by atoms with Gasteiger partial charge in [0.1, 0.15) is 0 Å². The highest BCUT2D eigenvalue weighted by molar-refractivity contribution is 5.24. The van der Waals surface area contributed by atoms with Crippen LogP contribution in [0.3, 0.4) is 0 Å². The van der Waals surface area contributed by atoms with Crippen molar-refractivity contribution in [1.82, 2.24) is 4.90 Å². The van der Waals surface area contributed by atoms with E-state index in [1.165, 1.54) is 11.1 Å². The van der Waals surface area contributed by atoms with Crippen molar-refractivity contribution in [2.24, 2.45) is 0 Å². The van der Waals surface area contributed by atoms with Gasteiger partial charge in [-0.15, -0.1) is 0 Å². The number of β-amino-alcohol motifs (C(OH)–C–C–N with tert-alkyl or cyclic N) is 1. The number of ether oxygens (including phenoxy) is 1. The van der Waals surface area contributed by atoms with E-state index in [1.54, 1.807) is 0 Å². The molecule has 0 aromatic heterocycles. The summed E-state index contributed by atoms with van der Waals surface area (Å²) in [4.78, 5) is 2.25. The second-order valence-corrected chi connectivity index (χ2v) is 4.48. The van der Waals surface area contributed by atoms with Crippen LogP contribution >= 0.6 is 0 Å². The summed E-state index contributed by atoms with van der Waals surface area (Å²) >= 11 is 0. The summed E-state index contributed by atoms with van der Waals surface area (Å²) in [6.07, 6.45) is 1.23. The molecule has 94 valence electrons. The molecule has 3 nitrogen and oxygen atoms in total. The number of aliphatic hydroxyl groups is 1. The van der Waals surface area contributed by atoms with Gasteiger partial charge in [0.2, 0.25) is 0 Å². The maximum absolute atomic E-state index is 8.96. The fraction of sp³-hybridized carbons (Fsp3) is 0.571. The highest BCUT2D eigenvalue weighted by atomic mass is 16.5. The van der Waals surface area contributed by atoms with Gasteiger partial charge in [-0.2, -0.15) is 0 Å². The van der Waals surface area contributed by atoms with E-state index < -0.39 is 0 Å². The van der Waals surface area contributed by atoms with E-state index in [2.05, 4.69) is 36.1 Å². The molecular formula is C14H21NO2. The number of hydrogen-bond acceptors (Lipinski definition) is 3. The molecule has 1 N–H and O–H groups in total. The number of aliphatic hydroxyl groups excluding tert-OH is 1.